The number of amides is 1. The third kappa shape index (κ3) is 3.76. The highest BCUT2D eigenvalue weighted by molar-refractivity contribution is 6.29. The van der Waals surface area contributed by atoms with Gasteiger partial charge in [-0.15, -0.1) is 0 Å². The number of carbonyl (C=O) groups excluding carboxylic acids is 1. The predicted octanol–water partition coefficient (Wildman–Crippen LogP) is 4.39. The Morgan fingerprint density at radius 2 is 1.90 bits per heavy atom. The molecule has 0 aliphatic carbocycles. The van der Waals surface area contributed by atoms with Gasteiger partial charge in [0.2, 0.25) is 0 Å². The van der Waals surface area contributed by atoms with Crippen molar-refractivity contribution in [3.63, 3.8) is 0 Å². The Bertz CT molecular complexity index is 689. The molecule has 0 unspecified atom stereocenters. The van der Waals surface area contributed by atoms with Gasteiger partial charge in [0, 0.05) is 23.0 Å². The zero-order valence-corrected chi connectivity index (χ0v) is 12.2. The molecule has 0 saturated carbocycles. The molecule has 1 aromatic heterocycles. The summed E-state index contributed by atoms with van der Waals surface area (Å²) in [6.07, 6.45) is 0. The van der Waals surface area contributed by atoms with Crippen molar-refractivity contribution in [2.45, 2.75) is 19.8 Å². The Labute approximate surface area is 126 Å². The second-order valence-corrected chi connectivity index (χ2v) is 5.23. The van der Waals surface area contributed by atoms with E-state index in [9.17, 15) is 13.6 Å². The van der Waals surface area contributed by atoms with Crippen molar-refractivity contribution >= 4 is 23.2 Å². The fourth-order valence-corrected chi connectivity index (χ4v) is 1.94. The standard InChI is InChI=1S/C15H13ClF2N2O/c1-8(2)13-5-9(6-14(16)20-13)15(21)19-10-3-4-11(17)12(18)7-10/h3-8H,1-2H3,(H,19,21). The maximum atomic E-state index is 13.1. The lowest BCUT2D eigenvalue weighted by atomic mass is 10.1. The van der Waals surface area contributed by atoms with Gasteiger partial charge >= 0.3 is 0 Å². The first kappa shape index (κ1) is 15.4. The largest absolute Gasteiger partial charge is 0.322 e. The Hall–Kier alpha value is -2.01. The van der Waals surface area contributed by atoms with E-state index in [1.165, 1.54) is 12.1 Å². The lowest BCUT2D eigenvalue weighted by molar-refractivity contribution is 0.102. The van der Waals surface area contributed by atoms with E-state index < -0.39 is 17.5 Å². The quantitative estimate of drug-likeness (QED) is 0.854. The van der Waals surface area contributed by atoms with Crippen molar-refractivity contribution in [3.05, 3.63) is 58.4 Å². The van der Waals surface area contributed by atoms with Crippen molar-refractivity contribution in [3.8, 4) is 0 Å². The van der Waals surface area contributed by atoms with Crippen LogP contribution in [0, 0.1) is 11.6 Å². The molecular weight excluding hydrogens is 298 g/mol. The minimum absolute atomic E-state index is 0.110. The van der Waals surface area contributed by atoms with E-state index in [4.69, 9.17) is 11.6 Å². The van der Waals surface area contributed by atoms with E-state index in [1.54, 1.807) is 6.07 Å². The van der Waals surface area contributed by atoms with Crippen LogP contribution >= 0.6 is 11.6 Å². The summed E-state index contributed by atoms with van der Waals surface area (Å²) in [6, 6.07) is 6.18. The van der Waals surface area contributed by atoms with E-state index in [0.717, 1.165) is 12.1 Å². The van der Waals surface area contributed by atoms with E-state index >= 15 is 0 Å². The zero-order valence-electron chi connectivity index (χ0n) is 11.5. The molecule has 0 saturated heterocycles. The molecule has 0 fully saturated rings. The normalized spacial score (nSPS) is 10.8. The van der Waals surface area contributed by atoms with Crippen molar-refractivity contribution in [1.29, 1.82) is 0 Å². The highest BCUT2D eigenvalue weighted by Crippen LogP contribution is 2.19. The van der Waals surface area contributed by atoms with Gasteiger partial charge in [-0.05, 0) is 30.2 Å². The number of aromatic nitrogens is 1. The van der Waals surface area contributed by atoms with E-state index in [0.29, 0.717) is 11.3 Å². The molecule has 1 amide bonds. The topological polar surface area (TPSA) is 42.0 Å². The van der Waals surface area contributed by atoms with E-state index in [2.05, 4.69) is 10.3 Å². The molecule has 110 valence electrons. The zero-order chi connectivity index (χ0) is 15.6. The summed E-state index contributed by atoms with van der Waals surface area (Å²) < 4.78 is 25.9. The molecule has 21 heavy (non-hydrogen) atoms. The average Bonchev–Trinajstić information content (AvgIpc) is 2.42. The molecule has 6 heteroatoms. The number of pyridine rings is 1. The Balaban J connectivity index is 2.25. The molecule has 1 heterocycles. The molecule has 2 rings (SSSR count). The summed E-state index contributed by atoms with van der Waals surface area (Å²) in [5, 5.41) is 2.69. The van der Waals surface area contributed by atoms with Gasteiger partial charge in [0.05, 0.1) is 0 Å². The highest BCUT2D eigenvalue weighted by Gasteiger charge is 2.12. The van der Waals surface area contributed by atoms with Crippen LogP contribution in [0.2, 0.25) is 5.15 Å². The van der Waals surface area contributed by atoms with Crippen LogP contribution in [-0.2, 0) is 0 Å². The number of halogens is 3. The minimum atomic E-state index is -1.02. The number of anilines is 1. The number of benzene rings is 1. The maximum absolute atomic E-state index is 13.1. The van der Waals surface area contributed by atoms with Crippen LogP contribution in [0.4, 0.5) is 14.5 Å². The molecule has 3 nitrogen and oxygen atoms in total. The lowest BCUT2D eigenvalue weighted by Gasteiger charge is -2.09. The Kier molecular flexibility index (Phi) is 4.53. The van der Waals surface area contributed by atoms with Gasteiger partial charge in [0.15, 0.2) is 11.6 Å². The van der Waals surface area contributed by atoms with E-state index in [1.807, 2.05) is 13.8 Å². The Morgan fingerprint density at radius 1 is 1.19 bits per heavy atom. The van der Waals surface area contributed by atoms with Gasteiger partial charge < -0.3 is 5.32 Å². The minimum Gasteiger partial charge on any atom is -0.322 e. The van der Waals surface area contributed by atoms with Crippen LogP contribution in [-0.4, -0.2) is 10.9 Å². The third-order valence-corrected chi connectivity index (χ3v) is 3.04. The molecular formula is C15H13ClF2N2O. The number of rotatable bonds is 3. The van der Waals surface area contributed by atoms with Crippen LogP contribution in [0.15, 0.2) is 30.3 Å². The van der Waals surface area contributed by atoms with Crippen LogP contribution in [0.5, 0.6) is 0 Å². The third-order valence-electron chi connectivity index (χ3n) is 2.85. The maximum Gasteiger partial charge on any atom is 0.255 e. The summed E-state index contributed by atoms with van der Waals surface area (Å²) in [5.41, 5.74) is 1.15. The monoisotopic (exact) mass is 310 g/mol. The number of nitrogens with zero attached hydrogens (tertiary/aromatic N) is 1. The molecule has 0 atom stereocenters. The van der Waals surface area contributed by atoms with Crippen LogP contribution in [0.1, 0.15) is 35.8 Å². The van der Waals surface area contributed by atoms with Crippen LogP contribution in [0.25, 0.3) is 0 Å². The van der Waals surface area contributed by atoms with Gasteiger partial charge in [-0.2, -0.15) is 0 Å². The van der Waals surface area contributed by atoms with Crippen molar-refractivity contribution in [1.82, 2.24) is 4.98 Å². The Morgan fingerprint density at radius 3 is 2.52 bits per heavy atom. The second-order valence-electron chi connectivity index (χ2n) is 4.84. The van der Waals surface area contributed by atoms with Crippen molar-refractivity contribution in [2.75, 3.05) is 5.32 Å². The second kappa shape index (κ2) is 6.18. The number of hydrogen-bond donors (Lipinski definition) is 1. The molecule has 0 radical (unpaired) electrons. The van der Waals surface area contributed by atoms with Gasteiger partial charge in [-0.25, -0.2) is 13.8 Å². The molecule has 0 aliphatic rings. The predicted molar refractivity (Wildman–Crippen MR) is 77.6 cm³/mol. The number of nitrogens with one attached hydrogen (secondary N) is 1. The van der Waals surface area contributed by atoms with Gasteiger partial charge in [0.1, 0.15) is 5.15 Å². The lowest BCUT2D eigenvalue weighted by Crippen LogP contribution is -2.13. The van der Waals surface area contributed by atoms with Crippen LogP contribution < -0.4 is 5.32 Å². The molecule has 1 N–H and O–H groups in total. The molecule has 0 spiro atoms. The number of hydrogen-bond acceptors (Lipinski definition) is 2. The SMILES string of the molecule is CC(C)c1cc(C(=O)Nc2ccc(F)c(F)c2)cc(Cl)n1. The summed E-state index contributed by atoms with van der Waals surface area (Å²) in [4.78, 5) is 16.2. The molecule has 1 aromatic carbocycles. The van der Waals surface area contributed by atoms with Gasteiger partial charge in [-0.1, -0.05) is 25.4 Å². The van der Waals surface area contributed by atoms with Gasteiger partial charge in [0.25, 0.3) is 5.91 Å². The fraction of sp³-hybridized carbons (Fsp3) is 0.200. The summed E-state index contributed by atoms with van der Waals surface area (Å²) in [7, 11) is 0. The highest BCUT2D eigenvalue weighted by atomic mass is 35.5. The van der Waals surface area contributed by atoms with Gasteiger partial charge in [-0.3, -0.25) is 4.79 Å². The van der Waals surface area contributed by atoms with Crippen molar-refractivity contribution in [2.24, 2.45) is 0 Å². The molecule has 0 bridgehead atoms. The summed E-state index contributed by atoms with van der Waals surface area (Å²) in [6.45, 7) is 3.85. The first-order valence-electron chi connectivity index (χ1n) is 6.30. The summed E-state index contributed by atoms with van der Waals surface area (Å²) >= 11 is 5.89. The average molecular weight is 311 g/mol. The van der Waals surface area contributed by atoms with Crippen molar-refractivity contribution < 1.29 is 13.6 Å². The molecule has 0 aliphatic heterocycles. The van der Waals surface area contributed by atoms with E-state index in [-0.39, 0.29) is 16.8 Å². The summed E-state index contributed by atoms with van der Waals surface area (Å²) in [5.74, 6) is -2.35. The molecule has 2 aromatic rings. The van der Waals surface area contributed by atoms with Crippen LogP contribution in [0.3, 0.4) is 0 Å². The first-order valence-corrected chi connectivity index (χ1v) is 6.68. The fourth-order valence-electron chi connectivity index (χ4n) is 1.72. The first-order chi connectivity index (χ1) is 9.86. The smallest absolute Gasteiger partial charge is 0.255 e. The number of carbonyl (C=O) groups is 1.